The summed E-state index contributed by atoms with van der Waals surface area (Å²) >= 11 is 0. The fraction of sp³-hybridized carbons (Fsp3) is 0.414. The third-order valence-corrected chi connectivity index (χ3v) is 7.95. The van der Waals surface area contributed by atoms with Crippen LogP contribution in [0.2, 0.25) is 0 Å². The number of nitrogens with zero attached hydrogens (tertiary/aromatic N) is 1. The molecule has 2 aromatic rings. The van der Waals surface area contributed by atoms with Crippen LogP contribution in [0.5, 0.6) is 0 Å². The zero-order valence-electron chi connectivity index (χ0n) is 20.5. The fourth-order valence-corrected chi connectivity index (χ4v) is 5.51. The number of Topliss-reactive ketones (excluding diaryl/α,β-unsaturated/α-hetero) is 1. The zero-order valence-corrected chi connectivity index (χ0v) is 20.5. The molecule has 5 rings (SSSR count). The van der Waals surface area contributed by atoms with Gasteiger partial charge in [0.2, 0.25) is 5.91 Å². The van der Waals surface area contributed by atoms with Gasteiger partial charge in [0, 0.05) is 31.5 Å². The van der Waals surface area contributed by atoms with E-state index in [0.29, 0.717) is 31.4 Å². The van der Waals surface area contributed by atoms with Crippen molar-refractivity contribution in [3.8, 4) is 0 Å². The molecule has 5 nitrogen and oxygen atoms in total. The Labute approximate surface area is 213 Å². The van der Waals surface area contributed by atoms with E-state index in [9.17, 15) is 27.6 Å². The number of benzene rings is 2. The molecule has 0 unspecified atom stereocenters. The summed E-state index contributed by atoms with van der Waals surface area (Å²) in [6.45, 7) is 4.49. The van der Waals surface area contributed by atoms with Gasteiger partial charge in [-0.15, -0.1) is 0 Å². The maximum atomic E-state index is 13.3. The van der Waals surface area contributed by atoms with Gasteiger partial charge in [0.25, 0.3) is 5.91 Å². The van der Waals surface area contributed by atoms with Crippen LogP contribution in [0.3, 0.4) is 0 Å². The number of allylic oxidation sites excluding steroid dienone is 1. The number of nitrogens with one attached hydrogen (secondary N) is 1. The van der Waals surface area contributed by atoms with Crippen molar-refractivity contribution in [3.63, 3.8) is 0 Å². The lowest BCUT2D eigenvalue weighted by molar-refractivity contribution is -0.160. The van der Waals surface area contributed by atoms with Crippen LogP contribution in [-0.2, 0) is 34.5 Å². The minimum atomic E-state index is -4.24. The fourth-order valence-electron chi connectivity index (χ4n) is 5.51. The Morgan fingerprint density at radius 2 is 1.84 bits per heavy atom. The Morgan fingerprint density at radius 3 is 2.49 bits per heavy atom. The van der Waals surface area contributed by atoms with Gasteiger partial charge < -0.3 is 10.2 Å². The van der Waals surface area contributed by atoms with E-state index >= 15 is 0 Å². The molecule has 2 amide bonds. The van der Waals surface area contributed by atoms with E-state index in [-0.39, 0.29) is 49.0 Å². The Kier molecular flexibility index (Phi) is 6.46. The molecule has 1 heterocycles. The molecule has 0 spiro atoms. The van der Waals surface area contributed by atoms with Gasteiger partial charge in [-0.1, -0.05) is 48.6 Å². The van der Waals surface area contributed by atoms with E-state index < -0.39 is 17.6 Å². The number of alkyl halides is 3. The normalized spacial score (nSPS) is 20.7. The van der Waals surface area contributed by atoms with Crippen molar-refractivity contribution in [1.29, 1.82) is 0 Å². The molecular weight excluding hydrogens is 481 g/mol. The minimum Gasteiger partial charge on any atom is -0.352 e. The summed E-state index contributed by atoms with van der Waals surface area (Å²) < 4.78 is 40.0. The number of fused-ring (bicyclic) bond motifs is 1. The quantitative estimate of drug-likeness (QED) is 0.523. The summed E-state index contributed by atoms with van der Waals surface area (Å²) in [5, 5.41) is 2.89. The summed E-state index contributed by atoms with van der Waals surface area (Å²) in [5.74, 6) is -0.320. The van der Waals surface area contributed by atoms with Crippen molar-refractivity contribution in [2.24, 2.45) is 0 Å². The lowest BCUT2D eigenvalue weighted by Crippen LogP contribution is -2.43. The zero-order chi connectivity index (χ0) is 26.4. The van der Waals surface area contributed by atoms with E-state index in [4.69, 9.17) is 0 Å². The monoisotopic (exact) mass is 510 g/mol. The first kappa shape index (κ1) is 25.2. The van der Waals surface area contributed by atoms with E-state index in [1.54, 1.807) is 29.2 Å². The number of carbonyl (C=O) groups is 3. The minimum absolute atomic E-state index is 0.0194. The Morgan fingerprint density at radius 1 is 1.11 bits per heavy atom. The molecule has 0 saturated heterocycles. The molecule has 0 aromatic heterocycles. The average Bonchev–Trinajstić information content (AvgIpc) is 3.62. The number of hydrogen-bond donors (Lipinski definition) is 1. The second-order valence-electron chi connectivity index (χ2n) is 10.4. The van der Waals surface area contributed by atoms with Gasteiger partial charge in [-0.3, -0.25) is 14.4 Å². The second kappa shape index (κ2) is 9.47. The molecule has 2 aliphatic carbocycles. The van der Waals surface area contributed by atoms with Gasteiger partial charge in [-0.05, 0) is 60.4 Å². The highest BCUT2D eigenvalue weighted by Crippen LogP contribution is 2.58. The predicted octanol–water partition coefficient (Wildman–Crippen LogP) is 5.16. The highest BCUT2D eigenvalue weighted by Gasteiger charge is 2.64. The topological polar surface area (TPSA) is 66.5 Å². The molecule has 0 radical (unpaired) electrons. The SMILES string of the molecule is C=C1CC[C@H](N2Cc3c(CNC(=O)CCc4ccc(C5(C(F)(F)F)CC5)cc4)cccc3C2=O)C(=O)C1. The molecule has 1 atom stereocenters. The average molecular weight is 511 g/mol. The van der Waals surface area contributed by atoms with Crippen LogP contribution in [-0.4, -0.2) is 34.7 Å². The van der Waals surface area contributed by atoms with E-state index in [1.165, 1.54) is 12.1 Å². The first-order chi connectivity index (χ1) is 17.6. The third-order valence-electron chi connectivity index (χ3n) is 7.95. The molecule has 1 N–H and O–H groups in total. The highest BCUT2D eigenvalue weighted by molar-refractivity contribution is 6.02. The molecule has 37 heavy (non-hydrogen) atoms. The molecule has 1 aliphatic heterocycles. The molecule has 2 fully saturated rings. The maximum absolute atomic E-state index is 13.3. The number of amides is 2. The van der Waals surface area contributed by atoms with E-state index in [2.05, 4.69) is 11.9 Å². The van der Waals surface area contributed by atoms with E-state index in [0.717, 1.165) is 28.7 Å². The molecule has 0 bridgehead atoms. The number of rotatable bonds is 7. The first-order valence-electron chi connectivity index (χ1n) is 12.6. The largest absolute Gasteiger partial charge is 0.398 e. The van der Waals surface area contributed by atoms with Gasteiger partial charge in [-0.25, -0.2) is 0 Å². The van der Waals surface area contributed by atoms with Gasteiger partial charge >= 0.3 is 6.18 Å². The van der Waals surface area contributed by atoms with Crippen molar-refractivity contribution in [3.05, 3.63) is 82.4 Å². The van der Waals surface area contributed by atoms with Crippen LogP contribution in [0, 0.1) is 0 Å². The van der Waals surface area contributed by atoms with Crippen LogP contribution >= 0.6 is 0 Å². The maximum Gasteiger partial charge on any atom is 0.398 e. The van der Waals surface area contributed by atoms with Crippen LogP contribution in [0.4, 0.5) is 13.2 Å². The summed E-state index contributed by atoms with van der Waals surface area (Å²) in [7, 11) is 0. The predicted molar refractivity (Wildman–Crippen MR) is 132 cm³/mol. The van der Waals surface area contributed by atoms with Crippen molar-refractivity contribution in [2.75, 3.05) is 0 Å². The number of hydrogen-bond acceptors (Lipinski definition) is 3. The molecule has 2 aromatic carbocycles. The number of halogens is 3. The standard InChI is InChI=1S/C29H29F3N2O3/c1-18-5-11-24(25(35)15-18)34-17-23-20(3-2-4-22(23)27(34)37)16-33-26(36)12-8-19-6-9-21(10-7-19)28(13-14-28)29(30,31)32/h2-4,6-7,9-10,24H,1,5,8,11-17H2,(H,33,36)/t24-/m0/s1. The number of aryl methyl sites for hydroxylation is 1. The molecule has 194 valence electrons. The third kappa shape index (κ3) is 4.81. The highest BCUT2D eigenvalue weighted by atomic mass is 19.4. The summed E-state index contributed by atoms with van der Waals surface area (Å²) in [4.78, 5) is 39.7. The summed E-state index contributed by atoms with van der Waals surface area (Å²) in [6, 6.07) is 11.3. The Balaban J connectivity index is 1.16. The molecule has 8 heteroatoms. The van der Waals surface area contributed by atoms with Crippen molar-refractivity contribution in [2.45, 2.75) is 75.7 Å². The van der Waals surface area contributed by atoms with Crippen molar-refractivity contribution < 1.29 is 27.6 Å². The van der Waals surface area contributed by atoms with Gasteiger partial charge in [-0.2, -0.15) is 13.2 Å². The smallest absolute Gasteiger partial charge is 0.352 e. The van der Waals surface area contributed by atoms with Crippen molar-refractivity contribution in [1.82, 2.24) is 10.2 Å². The summed E-state index contributed by atoms with van der Waals surface area (Å²) in [6.07, 6.45) is -1.76. The Bertz CT molecular complexity index is 1260. The Hall–Kier alpha value is -3.42. The molecular formula is C29H29F3N2O3. The van der Waals surface area contributed by atoms with Gasteiger partial charge in [0.1, 0.15) is 0 Å². The van der Waals surface area contributed by atoms with Gasteiger partial charge in [0.05, 0.1) is 11.5 Å². The molecule has 3 aliphatic rings. The van der Waals surface area contributed by atoms with Gasteiger partial charge in [0.15, 0.2) is 5.78 Å². The number of ketones is 1. The van der Waals surface area contributed by atoms with Crippen molar-refractivity contribution >= 4 is 17.6 Å². The van der Waals surface area contributed by atoms with Crippen LogP contribution < -0.4 is 5.32 Å². The van der Waals surface area contributed by atoms with Crippen LogP contribution in [0.25, 0.3) is 0 Å². The number of carbonyl (C=O) groups excluding carboxylic acids is 3. The lowest BCUT2D eigenvalue weighted by Gasteiger charge is -2.30. The summed E-state index contributed by atoms with van der Waals surface area (Å²) in [5.41, 5.74) is 2.52. The van der Waals surface area contributed by atoms with Crippen LogP contribution in [0.15, 0.2) is 54.6 Å². The molecule has 2 saturated carbocycles. The lowest BCUT2D eigenvalue weighted by atomic mass is 9.89. The first-order valence-corrected chi connectivity index (χ1v) is 12.6. The second-order valence-corrected chi connectivity index (χ2v) is 10.4. The van der Waals surface area contributed by atoms with Crippen LogP contribution in [0.1, 0.15) is 71.1 Å². The van der Waals surface area contributed by atoms with E-state index in [1.807, 2.05) is 6.07 Å².